The van der Waals surface area contributed by atoms with Crippen molar-refractivity contribution >= 4 is 80.5 Å². The first-order valence-electron chi connectivity index (χ1n) is 26.8. The smallest absolute Gasteiger partial charge is 0.116 e. The summed E-state index contributed by atoms with van der Waals surface area (Å²) in [7, 11) is -4.11. The van der Waals surface area contributed by atoms with Crippen LogP contribution in [0.2, 0.25) is 0 Å². The zero-order valence-corrected chi connectivity index (χ0v) is 45.3. The molecule has 2 nitrogen and oxygen atoms in total. The van der Waals surface area contributed by atoms with Gasteiger partial charge in [-0.1, -0.05) is 194 Å². The van der Waals surface area contributed by atoms with Crippen molar-refractivity contribution in [3.05, 3.63) is 351 Å². The summed E-state index contributed by atoms with van der Waals surface area (Å²) in [6.07, 6.45) is 1.83. The van der Waals surface area contributed by atoms with Crippen molar-refractivity contribution in [2.24, 2.45) is 0 Å². The number of nitrogens with zero attached hydrogens (tertiary/aromatic N) is 2. The molecule has 12 aromatic rings. The average Bonchev–Trinajstić information content (AvgIpc) is 3.65. The Labute approximate surface area is 461 Å². The van der Waals surface area contributed by atoms with Gasteiger partial charge in [-0.15, -0.1) is 0 Å². The number of hydrogen-bond donors (Lipinski definition) is 0. The van der Waals surface area contributed by atoms with Crippen molar-refractivity contribution in [3.8, 4) is 11.1 Å². The zero-order valence-electron chi connectivity index (χ0n) is 43.5. The molecule has 12 aromatic carbocycles. The van der Waals surface area contributed by atoms with E-state index in [1.54, 1.807) is 0 Å². The minimum Gasteiger partial charge on any atom is -0.311 e. The van der Waals surface area contributed by atoms with Crippen molar-refractivity contribution in [1.29, 1.82) is 0 Å². The molecule has 0 fully saturated rings. The zero-order chi connectivity index (χ0) is 52.4. The summed E-state index contributed by atoms with van der Waals surface area (Å²) >= 11 is 0. The van der Waals surface area contributed by atoms with Crippen LogP contribution in [-0.4, -0.2) is 0 Å². The van der Waals surface area contributed by atoms with E-state index in [0.717, 1.165) is 57.6 Å². The van der Waals surface area contributed by atoms with Gasteiger partial charge in [-0.2, -0.15) is 0 Å². The fourth-order valence-electron chi connectivity index (χ4n) is 11.2. The second-order valence-corrected chi connectivity index (χ2v) is 26.7. The van der Waals surface area contributed by atoms with Crippen molar-refractivity contribution in [2.45, 2.75) is 12.3 Å². The monoisotopic (exact) mass is 1040 g/mol. The molecule has 0 bridgehead atoms. The summed E-state index contributed by atoms with van der Waals surface area (Å²) in [5.74, 6) is 0. The summed E-state index contributed by atoms with van der Waals surface area (Å²) in [5.41, 5.74) is 11.6. The second kappa shape index (κ2) is 23.1. The van der Waals surface area contributed by atoms with Crippen molar-refractivity contribution < 1.29 is 0 Å². The van der Waals surface area contributed by atoms with Gasteiger partial charge in [0.2, 0.25) is 0 Å². The van der Waals surface area contributed by atoms with Gasteiger partial charge in [-0.3, -0.25) is 0 Å². The first kappa shape index (κ1) is 49.9. The lowest BCUT2D eigenvalue weighted by molar-refractivity contribution is 1.27. The summed E-state index contributed by atoms with van der Waals surface area (Å²) in [6, 6.07) is 125. The van der Waals surface area contributed by atoms with E-state index in [2.05, 4.69) is 350 Å². The Morgan fingerprint density at radius 1 is 0.179 bits per heavy atom. The molecule has 0 atom stereocenters. The number of anilines is 6. The van der Waals surface area contributed by atoms with Crippen LogP contribution in [0.25, 0.3) is 11.1 Å². The van der Waals surface area contributed by atoms with Gasteiger partial charge >= 0.3 is 0 Å². The Morgan fingerprint density at radius 2 is 0.359 bits per heavy atom. The van der Waals surface area contributed by atoms with E-state index in [4.69, 9.17) is 0 Å². The minimum atomic E-state index is -2.06. The van der Waals surface area contributed by atoms with Crippen LogP contribution in [-0.2, 0) is 12.3 Å². The van der Waals surface area contributed by atoms with E-state index >= 15 is 0 Å². The van der Waals surface area contributed by atoms with E-state index in [9.17, 15) is 0 Å². The number of rotatable bonds is 17. The molecule has 0 heterocycles. The molecule has 0 amide bonds. The molecule has 0 aliphatic heterocycles. The van der Waals surface area contributed by atoms with Crippen LogP contribution in [0.1, 0.15) is 11.1 Å². The van der Waals surface area contributed by atoms with Gasteiger partial charge in [0, 0.05) is 34.1 Å². The molecule has 78 heavy (non-hydrogen) atoms. The van der Waals surface area contributed by atoms with Crippen LogP contribution in [0.4, 0.5) is 34.1 Å². The van der Waals surface area contributed by atoms with Crippen LogP contribution >= 0.6 is 14.5 Å². The Hall–Kier alpha value is -8.90. The van der Waals surface area contributed by atoms with E-state index in [1.165, 1.54) is 43.0 Å². The Kier molecular flexibility index (Phi) is 14.8. The maximum Gasteiger partial charge on any atom is 0.116 e. The van der Waals surface area contributed by atoms with Gasteiger partial charge in [0.1, 0.15) is 46.4 Å². The summed E-state index contributed by atoms with van der Waals surface area (Å²) < 4.78 is 0. The number of benzene rings is 12. The molecule has 374 valence electrons. The average molecular weight is 1040 g/mol. The molecule has 0 saturated heterocycles. The lowest BCUT2D eigenvalue weighted by Crippen LogP contribution is -2.32. The third-order valence-electron chi connectivity index (χ3n) is 15.0. The molecule has 4 heteroatoms. The minimum absolute atomic E-state index is 0.917. The predicted molar refractivity (Wildman–Crippen MR) is 339 cm³/mol. The van der Waals surface area contributed by atoms with Crippen LogP contribution in [0.5, 0.6) is 0 Å². The second-order valence-electron chi connectivity index (χ2n) is 19.7. The maximum absolute atomic E-state index is 2.36. The summed E-state index contributed by atoms with van der Waals surface area (Å²) in [6.45, 7) is 0. The van der Waals surface area contributed by atoms with Gasteiger partial charge in [-0.05, 0) is 168 Å². The Morgan fingerprint density at radius 3 is 0.577 bits per heavy atom. The molecule has 0 aromatic heterocycles. The normalized spacial score (nSPS) is 11.4. The van der Waals surface area contributed by atoms with Crippen LogP contribution in [0.15, 0.2) is 340 Å². The first-order chi connectivity index (χ1) is 38.7. The standard InChI is InChI=1S/C74H60N2P2/c1-9-25-63(26-10-1)75(65-49-41-59(42-50-65)57-77(69-29-13-3-14-30-69,70-31-15-4-16-32-70)71-33-17-5-18-34-71)67-53-45-61(46-54-67)62-47-55-68(56-48-62)76(64-27-11-2-12-28-64)66-51-43-60(44-52-66)58-78(72-35-19-6-20-36-72,73-37-21-7-22-38-73)74-39-23-8-24-40-74/h1-56H,57-58H2/q+2. The molecule has 0 radical (unpaired) electrons. The van der Waals surface area contributed by atoms with E-state index < -0.39 is 14.5 Å². The molecule has 0 unspecified atom stereocenters. The number of hydrogen-bond acceptors (Lipinski definition) is 2. The molecule has 0 saturated carbocycles. The van der Waals surface area contributed by atoms with Crippen LogP contribution < -0.4 is 41.6 Å². The predicted octanol–water partition coefficient (Wildman–Crippen LogP) is 17.3. The van der Waals surface area contributed by atoms with Crippen molar-refractivity contribution in [2.75, 3.05) is 9.80 Å². The quantitative estimate of drug-likeness (QED) is 0.0839. The van der Waals surface area contributed by atoms with Crippen molar-refractivity contribution in [1.82, 2.24) is 0 Å². The summed E-state index contributed by atoms with van der Waals surface area (Å²) in [5, 5.41) is 8.31. The van der Waals surface area contributed by atoms with Crippen molar-refractivity contribution in [3.63, 3.8) is 0 Å². The van der Waals surface area contributed by atoms with Gasteiger partial charge < -0.3 is 9.80 Å². The van der Waals surface area contributed by atoms with Gasteiger partial charge in [-0.25, -0.2) is 0 Å². The van der Waals surface area contributed by atoms with Gasteiger partial charge in [0.15, 0.2) is 0 Å². The van der Waals surface area contributed by atoms with E-state index in [-0.39, 0.29) is 0 Å². The number of para-hydroxylation sites is 2. The highest BCUT2D eigenvalue weighted by atomic mass is 31.2. The molecule has 0 spiro atoms. The topological polar surface area (TPSA) is 6.48 Å². The lowest BCUT2D eigenvalue weighted by Gasteiger charge is -2.29. The van der Waals surface area contributed by atoms with E-state index in [1.807, 2.05) is 0 Å². The largest absolute Gasteiger partial charge is 0.311 e. The Balaban J connectivity index is 0.829. The molecule has 0 aliphatic rings. The fraction of sp³-hybridized carbons (Fsp3) is 0.0270. The molecule has 0 N–H and O–H groups in total. The molecular formula is C74H60N2P2+2. The van der Waals surface area contributed by atoms with Gasteiger partial charge in [0.05, 0.1) is 12.3 Å². The SMILES string of the molecule is c1ccc(N(c2ccc(C[P+](c3ccccc3)(c3ccccc3)c3ccccc3)cc2)c2ccc(-c3ccc(N(c4ccccc4)c4ccc(C[P+](c5ccccc5)(c5ccccc5)c5ccccc5)cc4)cc3)cc2)cc1. The summed E-state index contributed by atoms with van der Waals surface area (Å²) in [4.78, 5) is 4.72. The first-order valence-corrected chi connectivity index (χ1v) is 30.8. The highest BCUT2D eigenvalue weighted by Crippen LogP contribution is 2.59. The van der Waals surface area contributed by atoms with Gasteiger partial charge in [0.25, 0.3) is 0 Å². The highest BCUT2D eigenvalue weighted by Gasteiger charge is 2.46. The molecule has 0 aliphatic carbocycles. The third-order valence-corrected chi connectivity index (χ3v) is 23.8. The maximum atomic E-state index is 2.36. The van der Waals surface area contributed by atoms with Crippen LogP contribution in [0, 0.1) is 0 Å². The molecular weight excluding hydrogens is 979 g/mol. The van der Waals surface area contributed by atoms with Crippen LogP contribution in [0.3, 0.4) is 0 Å². The molecule has 12 rings (SSSR count). The highest BCUT2D eigenvalue weighted by molar-refractivity contribution is 7.95. The van der Waals surface area contributed by atoms with E-state index in [0.29, 0.717) is 0 Å². The fourth-order valence-corrected chi connectivity index (χ4v) is 19.7. The lowest BCUT2D eigenvalue weighted by atomic mass is 10.0. The Bertz CT molecular complexity index is 3320. The third kappa shape index (κ3) is 10.3.